The SMILES string of the molecule is O.O.O.O.O.O.O.O.O.O=C([O-])[C@@H]1[O][Sb]2([O-])([O][Sb]34([OH])[O][C@H]([C@H](O)CO)[C@H]([O]3)[C@H](C(=O)[O-])[O]4)[O][C@H]([C@H](O)CO)[C@@H]1[O]2.[Na+].[Na+].[Na+]. The Morgan fingerprint density at radius 3 is 1.37 bits per heavy atom. The second-order valence-electron chi connectivity index (χ2n) is 7.07. The van der Waals surface area contributed by atoms with Crippen molar-refractivity contribution in [2.45, 2.75) is 48.8 Å². The van der Waals surface area contributed by atoms with Crippen LogP contribution < -0.4 is 102 Å². The number of carboxylic acid groups (broad SMARTS) is 2. The maximum absolute atomic E-state index is 13.6. The van der Waals surface area contributed by atoms with Crippen LogP contribution in [0, 0.1) is 0 Å². The summed E-state index contributed by atoms with van der Waals surface area (Å²) in [6.45, 7) is -1.98. The Hall–Kier alpha value is 2.70. The Bertz CT molecular complexity index is 772. The van der Waals surface area contributed by atoms with Gasteiger partial charge in [-0.3, -0.25) is 0 Å². The Morgan fingerprint density at radius 2 is 1.00 bits per heavy atom. The van der Waals surface area contributed by atoms with Gasteiger partial charge in [0, 0.05) is 0 Å². The molecule has 0 saturated carbocycles. The van der Waals surface area contributed by atoms with E-state index in [1.807, 2.05) is 0 Å². The number of aliphatic hydroxyl groups excluding tert-OH is 4. The number of carboxylic acids is 2. The summed E-state index contributed by atoms with van der Waals surface area (Å²) in [5, 5.41) is 60.7. The van der Waals surface area contributed by atoms with Crippen LogP contribution in [0.3, 0.4) is 0 Å². The molecule has 0 amide bonds. The van der Waals surface area contributed by atoms with Crippen LogP contribution in [0.2, 0.25) is 0 Å². The van der Waals surface area contributed by atoms with Gasteiger partial charge in [0.2, 0.25) is 0 Å². The van der Waals surface area contributed by atoms with Crippen molar-refractivity contribution in [2.75, 3.05) is 13.2 Å². The van der Waals surface area contributed by atoms with Crippen LogP contribution in [0.25, 0.3) is 0 Å². The molecule has 0 aliphatic carbocycles. The van der Waals surface area contributed by atoms with E-state index >= 15 is 0 Å². The van der Waals surface area contributed by atoms with Crippen molar-refractivity contribution >= 4 is 50.9 Å². The number of carbonyl (C=O) groups is 2. The van der Waals surface area contributed by atoms with Gasteiger partial charge < -0.3 is 49.3 Å². The maximum atomic E-state index is 13.6. The molecule has 4 heterocycles. The van der Waals surface area contributed by atoms with Gasteiger partial charge in [-0.15, -0.1) is 0 Å². The van der Waals surface area contributed by atoms with Gasteiger partial charge in [0.1, 0.15) is 0 Å². The van der Waals surface area contributed by atoms with Crippen LogP contribution in [-0.2, 0) is 29.0 Å². The first-order valence-electron chi connectivity index (χ1n) is 8.62. The summed E-state index contributed by atoms with van der Waals surface area (Å²) >= 11 is -14.8. The van der Waals surface area contributed by atoms with Crippen LogP contribution in [0.15, 0.2) is 0 Å². The first-order valence-corrected chi connectivity index (χ1v) is 19.1. The van der Waals surface area contributed by atoms with E-state index in [-0.39, 0.29) is 138 Å². The zero-order chi connectivity index (χ0) is 23.0. The number of aliphatic carboxylic acids is 2. The third-order valence-corrected chi connectivity index (χ3v) is 26.8. The van der Waals surface area contributed by atoms with Crippen LogP contribution >= 0.6 is 0 Å². The zero-order valence-electron chi connectivity index (χ0n) is 22.6. The molecule has 4 bridgehead atoms. The third-order valence-electron chi connectivity index (χ3n) is 4.87. The quantitative estimate of drug-likeness (QED) is 0.141. The monoisotopic (exact) mass is 906 g/mol. The minimum absolute atomic E-state index is 0. The first kappa shape index (κ1) is 67.8. The first-order chi connectivity index (χ1) is 14.2. The van der Waals surface area contributed by atoms with Crippen molar-refractivity contribution < 1.29 is 204 Å². The predicted octanol–water partition coefficient (Wildman–Crippen LogP) is -25.7. The van der Waals surface area contributed by atoms with Crippen LogP contribution in [-0.4, -0.2) is 186 Å². The molecule has 23 N–H and O–H groups in total. The van der Waals surface area contributed by atoms with Crippen LogP contribution in [0.4, 0.5) is 0 Å². The van der Waals surface area contributed by atoms with Gasteiger partial charge in [0.15, 0.2) is 0 Å². The molecule has 4 rings (SSSR count). The normalized spacial score (nSPS) is 32.5. The molecule has 4 aliphatic heterocycles. The van der Waals surface area contributed by atoms with Crippen molar-refractivity contribution in [1.82, 2.24) is 0 Å². The second kappa shape index (κ2) is 22.4. The minimum atomic E-state index is -7.48. The fourth-order valence-electron chi connectivity index (χ4n) is 3.62. The minimum Gasteiger partial charge on any atom is 1.00 e. The van der Waals surface area contributed by atoms with Crippen molar-refractivity contribution in [3.05, 3.63) is 0 Å². The molecule has 43 heavy (non-hydrogen) atoms. The average Bonchev–Trinajstić information content (AvgIpc) is 3.36. The van der Waals surface area contributed by atoms with Crippen molar-refractivity contribution in [3.8, 4) is 0 Å². The summed E-state index contributed by atoms with van der Waals surface area (Å²) in [4.78, 5) is 22.7. The Morgan fingerprint density at radius 1 is 0.651 bits per heavy atom. The molecule has 0 aromatic heterocycles. The van der Waals surface area contributed by atoms with Gasteiger partial charge in [-0.1, -0.05) is 0 Å². The van der Waals surface area contributed by atoms with Gasteiger partial charge >= 0.3 is 268 Å². The molecule has 252 valence electrons. The number of aliphatic hydroxyl groups is 4. The molecule has 4 saturated heterocycles. The van der Waals surface area contributed by atoms with E-state index < -0.39 is 113 Å². The molecule has 0 spiro atoms. The number of rotatable bonds is 8. The predicted molar refractivity (Wildman–Crippen MR) is 113 cm³/mol. The van der Waals surface area contributed by atoms with E-state index in [0.717, 1.165) is 0 Å². The summed E-state index contributed by atoms with van der Waals surface area (Å²) in [5.74, 6) is -3.93. The molecular weight excluding hydrogens is 873 g/mol. The third kappa shape index (κ3) is 11.9. The van der Waals surface area contributed by atoms with E-state index in [1.165, 1.54) is 0 Å². The molecule has 4 fully saturated rings. The molecule has 4 aliphatic rings. The average molecular weight is 908 g/mol. The Kier molecular flexibility index (Phi) is 35.3. The topological polar surface area (TPSA) is 553 Å². The molecule has 31 heteroatoms. The van der Waals surface area contributed by atoms with E-state index in [0.29, 0.717) is 0 Å². The smallest absolute Gasteiger partial charge is 1.00 e. The van der Waals surface area contributed by atoms with Gasteiger partial charge in [-0.25, -0.2) is 0 Å². The molecule has 8 atom stereocenters. The molecule has 0 aromatic carbocycles. The molecule has 0 aromatic rings. The molecule has 0 unspecified atom stereocenters. The Labute approximate surface area is 313 Å². The van der Waals surface area contributed by atoms with E-state index in [2.05, 4.69) is 0 Å². The van der Waals surface area contributed by atoms with E-state index in [4.69, 9.17) is 29.6 Å². The second-order valence-corrected chi connectivity index (χ2v) is 22.9. The summed E-state index contributed by atoms with van der Waals surface area (Å²) in [5.41, 5.74) is 0. The Balaban J connectivity index is -0.000000138. The number of carbonyl (C=O) groups excluding carboxylic acids is 2. The summed E-state index contributed by atoms with van der Waals surface area (Å²) in [7, 11) is 0. The van der Waals surface area contributed by atoms with E-state index in [9.17, 15) is 36.8 Å². The number of hydrogen-bond acceptors (Lipinski definition) is 17. The molecule has 0 radical (unpaired) electrons. The van der Waals surface area contributed by atoms with E-state index in [1.54, 1.807) is 0 Å². The fourth-order valence-corrected chi connectivity index (χ4v) is 30.1. The largest absolute Gasteiger partial charge is 1.00 e. The van der Waals surface area contributed by atoms with Crippen LogP contribution in [0.5, 0.6) is 0 Å². The number of fused-ring (bicyclic) bond motifs is 4. The maximum Gasteiger partial charge on any atom is 1.00 e. The summed E-state index contributed by atoms with van der Waals surface area (Å²) < 4.78 is 59.6. The summed E-state index contributed by atoms with van der Waals surface area (Å²) in [6, 6.07) is 0. The van der Waals surface area contributed by atoms with Gasteiger partial charge in [-0.2, -0.15) is 0 Å². The fraction of sp³-hybridized carbons (Fsp3) is 0.833. The van der Waals surface area contributed by atoms with Crippen LogP contribution in [0.1, 0.15) is 0 Å². The summed E-state index contributed by atoms with van der Waals surface area (Å²) in [6.07, 6.45) is -15.1. The van der Waals surface area contributed by atoms with Gasteiger partial charge in [-0.05, 0) is 0 Å². The van der Waals surface area contributed by atoms with Crippen molar-refractivity contribution in [1.29, 1.82) is 0 Å². The van der Waals surface area contributed by atoms with Crippen molar-refractivity contribution in [3.63, 3.8) is 0 Å². The van der Waals surface area contributed by atoms with Crippen molar-refractivity contribution in [2.24, 2.45) is 0 Å². The molecular formula is C12H35Na3O26Sb2. The standard InChI is InChI=1S/2C6H9O7.3Na.10H2O.2O.2Sb/c2*7-1-2(8)3(9)4(10)5(11)6(12)13;;;;;;;;;;;;;;;;;/h2*2-5,7-8H,1H2,(H,12,13);;;;10*1H2;;;;/q2*-3;3*+1;;;;;;;;;;;;-1;+3;+4/p-3/t2*2-,3-,4+,5-;;;;;;;;;;;;;;;;;/m11................./s1. The van der Waals surface area contributed by atoms with Gasteiger partial charge in [0.25, 0.3) is 0 Å². The zero-order valence-corrected chi connectivity index (χ0v) is 33.7. The number of hydrogen-bond donors (Lipinski definition) is 5. The van der Waals surface area contributed by atoms with Gasteiger partial charge in [0.05, 0.1) is 0 Å². The molecule has 26 nitrogen and oxygen atoms in total.